The first-order valence-corrected chi connectivity index (χ1v) is 11.0. The van der Waals surface area contributed by atoms with Crippen molar-refractivity contribution in [1.29, 1.82) is 0 Å². The van der Waals surface area contributed by atoms with Crippen LogP contribution in [0.25, 0.3) is 11.2 Å². The first-order valence-electron chi connectivity index (χ1n) is 10.3. The molecule has 0 aliphatic carbocycles. The fourth-order valence-electron chi connectivity index (χ4n) is 4.33. The van der Waals surface area contributed by atoms with Gasteiger partial charge in [-0.15, -0.1) is 0 Å². The minimum atomic E-state index is -0.418. The second-order valence-electron chi connectivity index (χ2n) is 8.02. The predicted octanol–water partition coefficient (Wildman–Crippen LogP) is 3.35. The van der Waals surface area contributed by atoms with Gasteiger partial charge in [-0.25, -0.2) is 4.79 Å². The topological polar surface area (TPSA) is 65.1 Å². The second-order valence-corrected chi connectivity index (χ2v) is 8.83. The maximum atomic E-state index is 13.2. The molecule has 2 aromatic heterocycles. The Hall–Kier alpha value is -3.03. The van der Waals surface area contributed by atoms with E-state index < -0.39 is 11.2 Å². The van der Waals surface area contributed by atoms with Crippen LogP contribution in [-0.4, -0.2) is 25.2 Å². The summed E-state index contributed by atoms with van der Waals surface area (Å²) in [4.78, 5) is 32.6. The lowest BCUT2D eigenvalue weighted by Crippen LogP contribution is -2.37. The Labute approximate surface area is 194 Å². The van der Waals surface area contributed by atoms with Crippen LogP contribution >= 0.6 is 23.2 Å². The molecule has 32 heavy (non-hydrogen) atoms. The van der Waals surface area contributed by atoms with Crippen molar-refractivity contribution in [3.05, 3.63) is 90.0 Å². The van der Waals surface area contributed by atoms with Crippen molar-refractivity contribution in [3.63, 3.8) is 0 Å². The largest absolute Gasteiger partial charge is 0.337 e. The molecule has 0 saturated heterocycles. The predicted molar refractivity (Wildman–Crippen MR) is 127 cm³/mol. The minimum Gasteiger partial charge on any atom is -0.337 e. The molecular weight excluding hydrogens is 449 g/mol. The van der Waals surface area contributed by atoms with Crippen LogP contribution < -0.4 is 16.1 Å². The van der Waals surface area contributed by atoms with Gasteiger partial charge >= 0.3 is 5.69 Å². The standard InChI is InChI=1S/C23H21Cl2N5O2/c1-27-20-19(21(31)28(2)23(27)32)30(13-16-17(24)8-5-9-18(16)25)22(26-20)29-11-10-14-6-3-4-7-15(14)12-29/h3-9H,10-13H2,1-2H3. The van der Waals surface area contributed by atoms with Gasteiger partial charge in [0.1, 0.15) is 0 Å². The lowest BCUT2D eigenvalue weighted by Gasteiger charge is -2.30. The number of rotatable bonds is 3. The van der Waals surface area contributed by atoms with Gasteiger partial charge in [-0.3, -0.25) is 18.5 Å². The number of halogens is 2. The number of aryl methyl sites for hydroxylation is 1. The molecule has 4 aromatic rings. The molecule has 0 radical (unpaired) electrons. The zero-order valence-electron chi connectivity index (χ0n) is 17.7. The third-order valence-corrected chi connectivity index (χ3v) is 6.83. The SMILES string of the molecule is Cn1c(=O)c2c(nc(N3CCc4ccccc4C3)n2Cc2c(Cl)cccc2Cl)n(C)c1=O. The summed E-state index contributed by atoms with van der Waals surface area (Å²) in [5.74, 6) is 0.615. The summed E-state index contributed by atoms with van der Waals surface area (Å²) in [5, 5.41) is 1.02. The summed E-state index contributed by atoms with van der Waals surface area (Å²) < 4.78 is 4.34. The highest BCUT2D eigenvalue weighted by Gasteiger charge is 2.26. The maximum absolute atomic E-state index is 13.2. The molecule has 3 heterocycles. The number of fused-ring (bicyclic) bond motifs is 2. The molecule has 2 aromatic carbocycles. The summed E-state index contributed by atoms with van der Waals surface area (Å²) in [6, 6.07) is 13.6. The lowest BCUT2D eigenvalue weighted by molar-refractivity contribution is 0.674. The summed E-state index contributed by atoms with van der Waals surface area (Å²) in [6.07, 6.45) is 0.864. The van der Waals surface area contributed by atoms with E-state index in [2.05, 4.69) is 17.0 Å². The Balaban J connectivity index is 1.75. The van der Waals surface area contributed by atoms with Crippen LogP contribution in [0.15, 0.2) is 52.1 Å². The average Bonchev–Trinajstić information content (AvgIpc) is 3.18. The Kier molecular flexibility index (Phi) is 5.10. The van der Waals surface area contributed by atoms with Crippen molar-refractivity contribution in [1.82, 2.24) is 18.7 Å². The van der Waals surface area contributed by atoms with Crippen LogP contribution in [0.4, 0.5) is 5.95 Å². The van der Waals surface area contributed by atoms with Crippen LogP contribution in [0.1, 0.15) is 16.7 Å². The van der Waals surface area contributed by atoms with Crippen LogP contribution in [-0.2, 0) is 33.6 Å². The molecule has 164 valence electrons. The first-order chi connectivity index (χ1) is 15.4. The van der Waals surface area contributed by atoms with E-state index in [1.807, 2.05) is 16.7 Å². The number of benzene rings is 2. The average molecular weight is 470 g/mol. The molecule has 9 heteroatoms. The van der Waals surface area contributed by atoms with Crippen molar-refractivity contribution < 1.29 is 0 Å². The third kappa shape index (κ3) is 3.24. The van der Waals surface area contributed by atoms with Gasteiger partial charge in [0.2, 0.25) is 5.95 Å². The van der Waals surface area contributed by atoms with E-state index in [1.54, 1.807) is 25.2 Å². The number of hydrogen-bond donors (Lipinski definition) is 0. The van der Waals surface area contributed by atoms with E-state index in [9.17, 15) is 9.59 Å². The number of aromatic nitrogens is 4. The molecular formula is C23H21Cl2N5O2. The Morgan fingerprint density at radius 2 is 1.62 bits per heavy atom. The highest BCUT2D eigenvalue weighted by Crippen LogP contribution is 2.30. The van der Waals surface area contributed by atoms with E-state index in [0.717, 1.165) is 17.5 Å². The number of imidazole rings is 1. The van der Waals surface area contributed by atoms with E-state index >= 15 is 0 Å². The van der Waals surface area contributed by atoms with E-state index in [1.165, 1.54) is 22.7 Å². The van der Waals surface area contributed by atoms with Crippen LogP contribution in [0, 0.1) is 0 Å². The van der Waals surface area contributed by atoms with Gasteiger partial charge in [-0.05, 0) is 29.7 Å². The molecule has 0 bridgehead atoms. The molecule has 0 spiro atoms. The lowest BCUT2D eigenvalue weighted by atomic mass is 10.0. The summed E-state index contributed by atoms with van der Waals surface area (Å²) >= 11 is 12.9. The Morgan fingerprint density at radius 1 is 0.938 bits per heavy atom. The number of anilines is 1. The second kappa shape index (κ2) is 7.83. The highest BCUT2D eigenvalue weighted by atomic mass is 35.5. The van der Waals surface area contributed by atoms with Gasteiger partial charge < -0.3 is 4.90 Å². The van der Waals surface area contributed by atoms with Gasteiger partial charge in [-0.1, -0.05) is 53.5 Å². The summed E-state index contributed by atoms with van der Waals surface area (Å²) in [7, 11) is 3.10. The smallest absolute Gasteiger partial charge is 0.332 e. The molecule has 0 N–H and O–H groups in total. The fraction of sp³-hybridized carbons (Fsp3) is 0.261. The quantitative estimate of drug-likeness (QED) is 0.461. The van der Waals surface area contributed by atoms with Crippen molar-refractivity contribution in [2.24, 2.45) is 14.1 Å². The molecule has 0 atom stereocenters. The van der Waals surface area contributed by atoms with E-state index in [4.69, 9.17) is 28.2 Å². The maximum Gasteiger partial charge on any atom is 0.332 e. The van der Waals surface area contributed by atoms with Crippen LogP contribution in [0.2, 0.25) is 10.0 Å². The van der Waals surface area contributed by atoms with E-state index in [-0.39, 0.29) is 6.54 Å². The fourth-order valence-corrected chi connectivity index (χ4v) is 4.85. The van der Waals surface area contributed by atoms with Gasteiger partial charge in [0.15, 0.2) is 11.2 Å². The monoisotopic (exact) mass is 469 g/mol. The van der Waals surface area contributed by atoms with Gasteiger partial charge in [0.25, 0.3) is 5.56 Å². The van der Waals surface area contributed by atoms with Crippen LogP contribution in [0.5, 0.6) is 0 Å². The molecule has 0 unspecified atom stereocenters. The summed E-state index contributed by atoms with van der Waals surface area (Å²) in [5.41, 5.74) is 3.10. The molecule has 0 amide bonds. The molecule has 7 nitrogen and oxygen atoms in total. The van der Waals surface area contributed by atoms with Gasteiger partial charge in [-0.2, -0.15) is 4.98 Å². The first kappa shape index (κ1) is 20.8. The molecule has 0 fully saturated rings. The molecule has 5 rings (SSSR count). The molecule has 1 aliphatic rings. The molecule has 0 saturated carbocycles. The van der Waals surface area contributed by atoms with Crippen LogP contribution in [0.3, 0.4) is 0 Å². The van der Waals surface area contributed by atoms with Crippen molar-refractivity contribution in [2.45, 2.75) is 19.5 Å². The summed E-state index contributed by atoms with van der Waals surface area (Å²) in [6.45, 7) is 1.66. The Bertz CT molecular complexity index is 1460. The minimum absolute atomic E-state index is 0.260. The van der Waals surface area contributed by atoms with Crippen molar-refractivity contribution >= 4 is 40.3 Å². The van der Waals surface area contributed by atoms with Crippen molar-refractivity contribution in [2.75, 3.05) is 11.4 Å². The number of hydrogen-bond acceptors (Lipinski definition) is 4. The third-order valence-electron chi connectivity index (χ3n) is 6.12. The zero-order valence-corrected chi connectivity index (χ0v) is 19.2. The number of nitrogens with zero attached hydrogens (tertiary/aromatic N) is 5. The Morgan fingerprint density at radius 3 is 2.34 bits per heavy atom. The highest BCUT2D eigenvalue weighted by molar-refractivity contribution is 6.36. The van der Waals surface area contributed by atoms with Crippen molar-refractivity contribution in [3.8, 4) is 0 Å². The van der Waals surface area contributed by atoms with Gasteiger partial charge in [0, 0.05) is 42.8 Å². The molecule has 1 aliphatic heterocycles. The zero-order chi connectivity index (χ0) is 22.6. The van der Waals surface area contributed by atoms with E-state index in [0.29, 0.717) is 39.3 Å². The van der Waals surface area contributed by atoms with Gasteiger partial charge in [0.05, 0.1) is 6.54 Å². The normalized spacial score (nSPS) is 13.6.